The molecule has 0 fully saturated rings. The van der Waals surface area contributed by atoms with Crippen LogP contribution in [0.1, 0.15) is 11.3 Å². The molecule has 1 aromatic heterocycles. The van der Waals surface area contributed by atoms with Gasteiger partial charge in [-0.1, -0.05) is 30.3 Å². The smallest absolute Gasteiger partial charge is 0.130 e. The fourth-order valence-electron chi connectivity index (χ4n) is 2.11. The molecule has 0 bridgehead atoms. The van der Waals surface area contributed by atoms with E-state index in [1.54, 1.807) is 0 Å². The molecule has 0 radical (unpaired) electrons. The third kappa shape index (κ3) is 2.57. The molecule has 0 amide bonds. The third-order valence-electron chi connectivity index (χ3n) is 3.24. The van der Waals surface area contributed by atoms with Gasteiger partial charge < -0.3 is 10.5 Å². The number of nitrogen functional groups attached to an aromatic ring is 1. The van der Waals surface area contributed by atoms with Crippen molar-refractivity contribution < 1.29 is 4.74 Å². The summed E-state index contributed by atoms with van der Waals surface area (Å²) in [6.45, 7) is 2.44. The van der Waals surface area contributed by atoms with Crippen molar-refractivity contribution in [1.82, 2.24) is 4.98 Å². The summed E-state index contributed by atoms with van der Waals surface area (Å²) < 4.78 is 5.81. The highest BCUT2D eigenvalue weighted by Crippen LogP contribution is 2.22. The number of nitrogens with two attached hydrogens (primary N) is 1. The zero-order valence-corrected chi connectivity index (χ0v) is 11.3. The SMILES string of the molecule is Cc1ccc(N)cc1OCc1ccc2ccccc2n1. The molecule has 0 saturated carbocycles. The molecular weight excluding hydrogens is 248 g/mol. The monoisotopic (exact) mass is 264 g/mol. The minimum Gasteiger partial charge on any atom is -0.487 e. The second-order valence-electron chi connectivity index (χ2n) is 4.81. The van der Waals surface area contributed by atoms with Crippen LogP contribution in [0.3, 0.4) is 0 Å². The van der Waals surface area contributed by atoms with Crippen LogP contribution in [0.25, 0.3) is 10.9 Å². The first-order valence-electron chi connectivity index (χ1n) is 6.56. The number of pyridine rings is 1. The van der Waals surface area contributed by atoms with Crippen LogP contribution in [-0.2, 0) is 6.61 Å². The molecule has 2 aromatic carbocycles. The Kier molecular flexibility index (Phi) is 3.25. The van der Waals surface area contributed by atoms with Crippen molar-refractivity contribution >= 4 is 16.6 Å². The fraction of sp³-hybridized carbons (Fsp3) is 0.118. The van der Waals surface area contributed by atoms with Crippen LogP contribution >= 0.6 is 0 Å². The summed E-state index contributed by atoms with van der Waals surface area (Å²) in [7, 11) is 0. The Morgan fingerprint density at radius 1 is 1.05 bits per heavy atom. The van der Waals surface area contributed by atoms with Crippen molar-refractivity contribution in [3.05, 3.63) is 65.9 Å². The van der Waals surface area contributed by atoms with Crippen LogP contribution in [0.2, 0.25) is 0 Å². The maximum absolute atomic E-state index is 5.81. The Hall–Kier alpha value is -2.55. The van der Waals surface area contributed by atoms with E-state index in [-0.39, 0.29) is 0 Å². The van der Waals surface area contributed by atoms with Crippen molar-refractivity contribution in [1.29, 1.82) is 0 Å². The summed E-state index contributed by atoms with van der Waals surface area (Å²) in [6, 6.07) is 17.8. The van der Waals surface area contributed by atoms with Crippen molar-refractivity contribution in [2.45, 2.75) is 13.5 Å². The van der Waals surface area contributed by atoms with E-state index < -0.39 is 0 Å². The highest BCUT2D eigenvalue weighted by atomic mass is 16.5. The van der Waals surface area contributed by atoms with Crippen LogP contribution in [0, 0.1) is 6.92 Å². The molecule has 0 aliphatic heterocycles. The second kappa shape index (κ2) is 5.21. The lowest BCUT2D eigenvalue weighted by Crippen LogP contribution is -2.00. The van der Waals surface area contributed by atoms with E-state index in [0.29, 0.717) is 12.3 Å². The Morgan fingerprint density at radius 3 is 2.80 bits per heavy atom. The summed E-state index contributed by atoms with van der Waals surface area (Å²) in [6.07, 6.45) is 0. The molecule has 20 heavy (non-hydrogen) atoms. The predicted molar refractivity (Wildman–Crippen MR) is 81.7 cm³/mol. The van der Waals surface area contributed by atoms with E-state index in [9.17, 15) is 0 Å². The standard InChI is InChI=1S/C17H16N2O/c1-12-6-8-14(18)10-17(12)20-11-15-9-7-13-4-2-3-5-16(13)19-15/h2-10H,11,18H2,1H3. The molecule has 1 heterocycles. The lowest BCUT2D eigenvalue weighted by atomic mass is 10.2. The number of benzene rings is 2. The van der Waals surface area contributed by atoms with Gasteiger partial charge in [0.2, 0.25) is 0 Å². The van der Waals surface area contributed by atoms with Crippen molar-refractivity contribution in [3.63, 3.8) is 0 Å². The number of para-hydroxylation sites is 1. The van der Waals surface area contributed by atoms with Crippen LogP contribution in [0.4, 0.5) is 5.69 Å². The summed E-state index contributed by atoms with van der Waals surface area (Å²) in [5, 5.41) is 1.14. The molecule has 3 heteroatoms. The van der Waals surface area contributed by atoms with E-state index in [4.69, 9.17) is 10.5 Å². The number of aromatic nitrogens is 1. The first-order valence-corrected chi connectivity index (χ1v) is 6.56. The lowest BCUT2D eigenvalue weighted by molar-refractivity contribution is 0.300. The number of rotatable bonds is 3. The topological polar surface area (TPSA) is 48.1 Å². The van der Waals surface area contributed by atoms with Gasteiger partial charge in [0, 0.05) is 17.1 Å². The summed E-state index contributed by atoms with van der Waals surface area (Å²) in [5.74, 6) is 0.806. The van der Waals surface area contributed by atoms with Gasteiger partial charge in [0.1, 0.15) is 12.4 Å². The molecule has 0 saturated heterocycles. The molecule has 100 valence electrons. The van der Waals surface area contributed by atoms with Crippen LogP contribution in [0.15, 0.2) is 54.6 Å². The Balaban J connectivity index is 1.81. The molecule has 3 rings (SSSR count). The molecule has 2 N–H and O–H groups in total. The Bertz CT molecular complexity index is 753. The minimum atomic E-state index is 0.440. The van der Waals surface area contributed by atoms with E-state index in [0.717, 1.165) is 27.9 Å². The first kappa shape index (κ1) is 12.5. The number of hydrogen-bond donors (Lipinski definition) is 1. The zero-order chi connectivity index (χ0) is 13.9. The predicted octanol–water partition coefficient (Wildman–Crippen LogP) is 3.70. The number of ether oxygens (including phenoxy) is 1. The van der Waals surface area contributed by atoms with E-state index in [1.807, 2.05) is 49.4 Å². The number of fused-ring (bicyclic) bond motifs is 1. The van der Waals surface area contributed by atoms with Gasteiger partial charge in [0.15, 0.2) is 0 Å². The van der Waals surface area contributed by atoms with E-state index in [2.05, 4.69) is 17.1 Å². The Morgan fingerprint density at radius 2 is 1.90 bits per heavy atom. The fourth-order valence-corrected chi connectivity index (χ4v) is 2.11. The van der Waals surface area contributed by atoms with Crippen LogP contribution in [0.5, 0.6) is 5.75 Å². The third-order valence-corrected chi connectivity index (χ3v) is 3.24. The number of anilines is 1. The van der Waals surface area contributed by atoms with E-state index in [1.165, 1.54) is 0 Å². The van der Waals surface area contributed by atoms with Crippen molar-refractivity contribution in [2.24, 2.45) is 0 Å². The molecule has 3 nitrogen and oxygen atoms in total. The molecule has 0 atom stereocenters. The molecular formula is C17H16N2O. The van der Waals surface area contributed by atoms with Crippen molar-refractivity contribution in [3.8, 4) is 5.75 Å². The van der Waals surface area contributed by atoms with Crippen molar-refractivity contribution in [2.75, 3.05) is 5.73 Å². The van der Waals surface area contributed by atoms with Gasteiger partial charge in [-0.15, -0.1) is 0 Å². The largest absolute Gasteiger partial charge is 0.487 e. The zero-order valence-electron chi connectivity index (χ0n) is 11.3. The van der Waals surface area contributed by atoms with Gasteiger partial charge in [0.25, 0.3) is 0 Å². The minimum absolute atomic E-state index is 0.440. The van der Waals surface area contributed by atoms with Gasteiger partial charge in [-0.25, -0.2) is 4.98 Å². The molecule has 0 unspecified atom stereocenters. The average Bonchev–Trinajstić information content (AvgIpc) is 2.48. The summed E-state index contributed by atoms with van der Waals surface area (Å²) >= 11 is 0. The van der Waals surface area contributed by atoms with Gasteiger partial charge in [0.05, 0.1) is 11.2 Å². The normalized spacial score (nSPS) is 10.7. The summed E-state index contributed by atoms with van der Waals surface area (Å²) in [5.41, 5.74) is 9.44. The van der Waals surface area contributed by atoms with Gasteiger partial charge >= 0.3 is 0 Å². The average molecular weight is 264 g/mol. The maximum Gasteiger partial charge on any atom is 0.130 e. The van der Waals surface area contributed by atoms with Crippen LogP contribution < -0.4 is 10.5 Å². The highest BCUT2D eigenvalue weighted by Gasteiger charge is 2.03. The van der Waals surface area contributed by atoms with E-state index >= 15 is 0 Å². The van der Waals surface area contributed by atoms with Crippen LogP contribution in [-0.4, -0.2) is 4.98 Å². The Labute approximate surface area is 118 Å². The first-order chi connectivity index (χ1) is 9.72. The van der Waals surface area contributed by atoms with Gasteiger partial charge in [-0.2, -0.15) is 0 Å². The maximum atomic E-state index is 5.81. The highest BCUT2D eigenvalue weighted by molar-refractivity contribution is 5.78. The number of nitrogens with zero attached hydrogens (tertiary/aromatic N) is 1. The molecule has 3 aromatic rings. The second-order valence-corrected chi connectivity index (χ2v) is 4.81. The van der Waals surface area contributed by atoms with Gasteiger partial charge in [-0.3, -0.25) is 0 Å². The summed E-state index contributed by atoms with van der Waals surface area (Å²) in [4.78, 5) is 4.59. The number of hydrogen-bond acceptors (Lipinski definition) is 3. The molecule has 0 spiro atoms. The van der Waals surface area contributed by atoms with Gasteiger partial charge in [-0.05, 0) is 30.7 Å². The molecule has 0 aliphatic rings. The number of aryl methyl sites for hydroxylation is 1. The quantitative estimate of drug-likeness (QED) is 0.734. The lowest BCUT2D eigenvalue weighted by Gasteiger charge is -2.10. The molecule has 0 aliphatic carbocycles.